The molecule has 122 valence electrons. The van der Waals surface area contributed by atoms with Crippen LogP contribution in [0.2, 0.25) is 0 Å². The van der Waals surface area contributed by atoms with Crippen molar-refractivity contribution in [1.29, 1.82) is 0 Å². The van der Waals surface area contributed by atoms with Crippen LogP contribution in [0.4, 0.5) is 5.69 Å². The molecule has 0 aromatic heterocycles. The first kappa shape index (κ1) is 18.2. The average Bonchev–Trinajstić information content (AvgIpc) is 2.46. The Balaban J connectivity index is 3.00. The number of hydrogen-bond acceptors (Lipinski definition) is 2. The molecule has 2 N–H and O–H groups in total. The van der Waals surface area contributed by atoms with Gasteiger partial charge in [-0.05, 0) is 44.2 Å². The number of carbonyl (C=O) groups is 2. The molecule has 1 aromatic carbocycles. The zero-order valence-electron chi connectivity index (χ0n) is 14.5. The summed E-state index contributed by atoms with van der Waals surface area (Å²) in [5.41, 5.74) is 1.80. The maximum atomic E-state index is 12.6. The first-order valence-electron chi connectivity index (χ1n) is 7.91. The van der Waals surface area contributed by atoms with Gasteiger partial charge in [-0.2, -0.15) is 0 Å². The fourth-order valence-corrected chi connectivity index (χ4v) is 2.17. The molecule has 0 heterocycles. The minimum Gasteiger partial charge on any atom is -0.355 e. The summed E-state index contributed by atoms with van der Waals surface area (Å²) < 4.78 is 0. The largest absolute Gasteiger partial charge is 0.355 e. The molecule has 0 spiro atoms. The highest BCUT2D eigenvalue weighted by Gasteiger charge is 2.36. The van der Waals surface area contributed by atoms with E-state index in [9.17, 15) is 9.59 Å². The van der Waals surface area contributed by atoms with Crippen LogP contribution in [0.3, 0.4) is 0 Å². The Morgan fingerprint density at radius 3 is 2.36 bits per heavy atom. The Bertz CT molecular complexity index is 548. The molecule has 22 heavy (non-hydrogen) atoms. The lowest BCUT2D eigenvalue weighted by Crippen LogP contribution is -2.45. The van der Waals surface area contributed by atoms with Gasteiger partial charge in [0.05, 0.1) is 0 Å². The molecule has 4 nitrogen and oxygen atoms in total. The molecule has 0 fully saturated rings. The van der Waals surface area contributed by atoms with Gasteiger partial charge in [0, 0.05) is 12.2 Å². The number of nitrogens with one attached hydrogen (secondary N) is 2. The van der Waals surface area contributed by atoms with Crippen molar-refractivity contribution < 1.29 is 9.59 Å². The van der Waals surface area contributed by atoms with Crippen molar-refractivity contribution in [2.24, 2.45) is 5.41 Å². The van der Waals surface area contributed by atoms with Crippen LogP contribution in [0.1, 0.15) is 58.1 Å². The first-order valence-corrected chi connectivity index (χ1v) is 7.91. The van der Waals surface area contributed by atoms with E-state index in [0.717, 1.165) is 23.2 Å². The number of rotatable bonds is 6. The van der Waals surface area contributed by atoms with Crippen molar-refractivity contribution in [1.82, 2.24) is 5.32 Å². The van der Waals surface area contributed by atoms with E-state index in [1.807, 2.05) is 32.0 Å². The molecular formula is C18H28N2O2. The van der Waals surface area contributed by atoms with E-state index in [4.69, 9.17) is 0 Å². The van der Waals surface area contributed by atoms with Crippen LogP contribution in [-0.4, -0.2) is 18.4 Å². The minimum atomic E-state index is -1.11. The van der Waals surface area contributed by atoms with E-state index in [-0.39, 0.29) is 11.8 Å². The van der Waals surface area contributed by atoms with Crippen LogP contribution < -0.4 is 10.6 Å². The van der Waals surface area contributed by atoms with E-state index in [1.54, 1.807) is 13.8 Å². The third-order valence-corrected chi connectivity index (χ3v) is 3.84. The summed E-state index contributed by atoms with van der Waals surface area (Å²) in [5.74, 6) is -0.226. The highest BCUT2D eigenvalue weighted by molar-refractivity contribution is 6.10. The van der Waals surface area contributed by atoms with E-state index in [2.05, 4.69) is 24.5 Å². The van der Waals surface area contributed by atoms with E-state index in [0.29, 0.717) is 12.5 Å². The maximum absolute atomic E-state index is 12.6. The van der Waals surface area contributed by atoms with E-state index < -0.39 is 5.41 Å². The second-order valence-electron chi connectivity index (χ2n) is 6.53. The number of amides is 2. The van der Waals surface area contributed by atoms with Gasteiger partial charge in [0.15, 0.2) is 0 Å². The van der Waals surface area contributed by atoms with Gasteiger partial charge in [-0.25, -0.2) is 0 Å². The van der Waals surface area contributed by atoms with Gasteiger partial charge in [0.1, 0.15) is 5.41 Å². The lowest BCUT2D eigenvalue weighted by molar-refractivity contribution is -0.138. The zero-order valence-corrected chi connectivity index (χ0v) is 14.5. The predicted octanol–water partition coefficient (Wildman–Crippen LogP) is 3.61. The van der Waals surface area contributed by atoms with Gasteiger partial charge < -0.3 is 10.6 Å². The molecule has 0 aliphatic heterocycles. The van der Waals surface area contributed by atoms with Crippen molar-refractivity contribution in [3.8, 4) is 0 Å². The Kier molecular flexibility index (Phi) is 6.15. The molecule has 0 saturated carbocycles. The average molecular weight is 304 g/mol. The second kappa shape index (κ2) is 7.43. The Morgan fingerprint density at radius 2 is 1.82 bits per heavy atom. The molecule has 4 heteroatoms. The molecular weight excluding hydrogens is 276 g/mol. The van der Waals surface area contributed by atoms with Gasteiger partial charge >= 0.3 is 0 Å². The molecule has 1 rings (SSSR count). The van der Waals surface area contributed by atoms with Crippen LogP contribution >= 0.6 is 0 Å². The van der Waals surface area contributed by atoms with Gasteiger partial charge in [0.2, 0.25) is 11.8 Å². The van der Waals surface area contributed by atoms with E-state index in [1.165, 1.54) is 0 Å². The van der Waals surface area contributed by atoms with Crippen LogP contribution in [0.25, 0.3) is 0 Å². The summed E-state index contributed by atoms with van der Waals surface area (Å²) in [6.45, 7) is 12.0. The molecule has 0 unspecified atom stereocenters. The predicted molar refractivity (Wildman–Crippen MR) is 91.0 cm³/mol. The van der Waals surface area contributed by atoms with Crippen LogP contribution in [0, 0.1) is 12.3 Å². The van der Waals surface area contributed by atoms with Crippen molar-refractivity contribution in [2.45, 2.75) is 53.9 Å². The number of aryl methyl sites for hydroxylation is 1. The Morgan fingerprint density at radius 1 is 1.18 bits per heavy atom. The minimum absolute atomic E-state index is 0.244. The topological polar surface area (TPSA) is 58.2 Å². The van der Waals surface area contributed by atoms with Crippen molar-refractivity contribution >= 4 is 17.5 Å². The fourth-order valence-electron chi connectivity index (χ4n) is 2.17. The molecule has 0 aliphatic carbocycles. The fraction of sp³-hybridized carbons (Fsp3) is 0.556. The molecule has 0 aliphatic rings. The lowest BCUT2D eigenvalue weighted by atomic mass is 9.90. The summed E-state index contributed by atoms with van der Waals surface area (Å²) in [6, 6.07) is 5.96. The number of para-hydroxylation sites is 1. The molecule has 0 saturated heterocycles. The summed E-state index contributed by atoms with van der Waals surface area (Å²) >= 11 is 0. The molecule has 2 amide bonds. The van der Waals surface area contributed by atoms with Crippen molar-refractivity contribution in [3.05, 3.63) is 29.3 Å². The summed E-state index contributed by atoms with van der Waals surface area (Å²) in [6.07, 6.45) is 0.846. The van der Waals surface area contributed by atoms with Crippen LogP contribution in [0.15, 0.2) is 18.2 Å². The Hall–Kier alpha value is -1.84. The Labute approximate surface area is 133 Å². The summed E-state index contributed by atoms with van der Waals surface area (Å²) in [4.78, 5) is 24.8. The number of hydrogen-bond donors (Lipinski definition) is 2. The van der Waals surface area contributed by atoms with Gasteiger partial charge in [-0.3, -0.25) is 9.59 Å². The molecule has 1 aromatic rings. The number of anilines is 1. The van der Waals surface area contributed by atoms with Crippen LogP contribution in [-0.2, 0) is 9.59 Å². The van der Waals surface area contributed by atoms with Crippen LogP contribution in [0.5, 0.6) is 0 Å². The first-order chi connectivity index (χ1) is 10.2. The SMILES string of the molecule is CCCNC(=O)C(C)(C)C(=O)Nc1c(C)cccc1C(C)C. The molecule has 0 radical (unpaired) electrons. The van der Waals surface area contributed by atoms with Gasteiger partial charge in [-0.15, -0.1) is 0 Å². The van der Waals surface area contributed by atoms with Gasteiger partial charge in [-0.1, -0.05) is 39.0 Å². The highest BCUT2D eigenvalue weighted by Crippen LogP contribution is 2.29. The third kappa shape index (κ3) is 4.09. The van der Waals surface area contributed by atoms with E-state index >= 15 is 0 Å². The normalized spacial score (nSPS) is 11.4. The summed E-state index contributed by atoms with van der Waals surface area (Å²) in [5, 5.41) is 5.75. The smallest absolute Gasteiger partial charge is 0.239 e. The number of carbonyl (C=O) groups excluding carboxylic acids is 2. The molecule has 0 bridgehead atoms. The third-order valence-electron chi connectivity index (χ3n) is 3.84. The van der Waals surface area contributed by atoms with Gasteiger partial charge in [0.25, 0.3) is 0 Å². The van der Waals surface area contributed by atoms with Crippen molar-refractivity contribution in [3.63, 3.8) is 0 Å². The standard InChI is InChI=1S/C18H28N2O2/c1-7-11-19-16(21)18(5,6)17(22)20-15-13(4)9-8-10-14(15)12(2)3/h8-10,12H,7,11H2,1-6H3,(H,19,21)(H,20,22). The molecule has 0 atom stereocenters. The van der Waals surface area contributed by atoms with Crippen molar-refractivity contribution in [2.75, 3.05) is 11.9 Å². The zero-order chi connectivity index (χ0) is 16.9. The lowest BCUT2D eigenvalue weighted by Gasteiger charge is -2.25. The monoisotopic (exact) mass is 304 g/mol. The maximum Gasteiger partial charge on any atom is 0.239 e. The summed E-state index contributed by atoms with van der Waals surface area (Å²) in [7, 11) is 0. The number of benzene rings is 1. The highest BCUT2D eigenvalue weighted by atomic mass is 16.2. The second-order valence-corrected chi connectivity index (χ2v) is 6.53. The quantitative estimate of drug-likeness (QED) is 0.789.